The molecule has 0 atom stereocenters. The molecule has 0 fully saturated rings. The number of para-hydroxylation sites is 1. The SMILES string of the molecule is NC(=O)c1cnn(-c2ccccc2)n1. The van der Waals surface area contributed by atoms with Crippen molar-refractivity contribution in [3.8, 4) is 5.69 Å². The van der Waals surface area contributed by atoms with E-state index in [0.717, 1.165) is 5.69 Å². The van der Waals surface area contributed by atoms with Gasteiger partial charge in [0.15, 0.2) is 5.69 Å². The fourth-order valence-corrected chi connectivity index (χ4v) is 1.06. The van der Waals surface area contributed by atoms with Gasteiger partial charge in [-0.25, -0.2) is 0 Å². The van der Waals surface area contributed by atoms with Crippen LogP contribution in [0.15, 0.2) is 36.5 Å². The smallest absolute Gasteiger partial charge is 0.270 e. The molecule has 0 bridgehead atoms. The van der Waals surface area contributed by atoms with Crippen LogP contribution in [0.5, 0.6) is 0 Å². The molecule has 5 nitrogen and oxygen atoms in total. The molecule has 2 N–H and O–H groups in total. The second-order valence-electron chi connectivity index (χ2n) is 2.72. The largest absolute Gasteiger partial charge is 0.364 e. The molecule has 1 amide bonds. The first kappa shape index (κ1) is 8.43. The quantitative estimate of drug-likeness (QED) is 0.739. The van der Waals surface area contributed by atoms with Crippen molar-refractivity contribution in [3.63, 3.8) is 0 Å². The number of carbonyl (C=O) groups excluding carboxylic acids is 1. The van der Waals surface area contributed by atoms with E-state index in [4.69, 9.17) is 5.73 Å². The van der Waals surface area contributed by atoms with E-state index in [-0.39, 0.29) is 5.69 Å². The molecule has 70 valence electrons. The highest BCUT2D eigenvalue weighted by Crippen LogP contribution is 2.03. The standard InChI is InChI=1S/C9H8N4O/c10-9(14)8-6-11-13(12-8)7-4-2-1-3-5-7/h1-6H,(H2,10,14). The molecule has 5 heteroatoms. The molecular weight excluding hydrogens is 180 g/mol. The van der Waals surface area contributed by atoms with Crippen LogP contribution in [0.4, 0.5) is 0 Å². The van der Waals surface area contributed by atoms with Gasteiger partial charge in [0.1, 0.15) is 0 Å². The van der Waals surface area contributed by atoms with Crippen LogP contribution < -0.4 is 5.73 Å². The third-order valence-electron chi connectivity index (χ3n) is 1.73. The Hall–Kier alpha value is -2.17. The van der Waals surface area contributed by atoms with Crippen molar-refractivity contribution >= 4 is 5.91 Å². The van der Waals surface area contributed by atoms with Crippen molar-refractivity contribution in [3.05, 3.63) is 42.2 Å². The van der Waals surface area contributed by atoms with Gasteiger partial charge in [-0.05, 0) is 12.1 Å². The van der Waals surface area contributed by atoms with Gasteiger partial charge in [0.25, 0.3) is 5.91 Å². The molecule has 0 saturated carbocycles. The molecule has 0 saturated heterocycles. The highest BCUT2D eigenvalue weighted by Gasteiger charge is 2.06. The highest BCUT2D eigenvalue weighted by molar-refractivity contribution is 5.90. The van der Waals surface area contributed by atoms with Crippen LogP contribution in [-0.2, 0) is 0 Å². The molecule has 0 aliphatic carbocycles. The summed E-state index contributed by atoms with van der Waals surface area (Å²) >= 11 is 0. The predicted octanol–water partition coefficient (Wildman–Crippen LogP) is 0.366. The summed E-state index contributed by atoms with van der Waals surface area (Å²) in [4.78, 5) is 12.1. The lowest BCUT2D eigenvalue weighted by Gasteiger charge is -1.96. The number of amides is 1. The van der Waals surface area contributed by atoms with E-state index in [2.05, 4.69) is 10.2 Å². The van der Waals surface area contributed by atoms with Crippen molar-refractivity contribution in [1.29, 1.82) is 0 Å². The molecule has 0 unspecified atom stereocenters. The topological polar surface area (TPSA) is 73.8 Å². The summed E-state index contributed by atoms with van der Waals surface area (Å²) in [6.07, 6.45) is 1.34. The number of hydrogen-bond donors (Lipinski definition) is 1. The van der Waals surface area contributed by atoms with Crippen molar-refractivity contribution in [2.45, 2.75) is 0 Å². The Kier molecular flexibility index (Phi) is 1.98. The fraction of sp³-hybridized carbons (Fsp3) is 0. The van der Waals surface area contributed by atoms with Gasteiger partial charge in [-0.2, -0.15) is 9.90 Å². The van der Waals surface area contributed by atoms with Crippen molar-refractivity contribution < 1.29 is 4.79 Å². The molecule has 0 radical (unpaired) electrons. The molecule has 0 aliphatic rings. The summed E-state index contributed by atoms with van der Waals surface area (Å²) in [5, 5.41) is 7.82. The molecule has 2 aromatic rings. The molecule has 2 rings (SSSR count). The van der Waals surface area contributed by atoms with E-state index >= 15 is 0 Å². The molecule has 1 aromatic carbocycles. The van der Waals surface area contributed by atoms with Crippen molar-refractivity contribution in [2.24, 2.45) is 5.73 Å². The van der Waals surface area contributed by atoms with Gasteiger partial charge in [0.2, 0.25) is 0 Å². The zero-order chi connectivity index (χ0) is 9.97. The lowest BCUT2D eigenvalue weighted by Crippen LogP contribution is -2.12. The van der Waals surface area contributed by atoms with Crippen LogP contribution in [0.1, 0.15) is 10.5 Å². The zero-order valence-electron chi connectivity index (χ0n) is 7.29. The van der Waals surface area contributed by atoms with Gasteiger partial charge in [-0.1, -0.05) is 18.2 Å². The summed E-state index contributed by atoms with van der Waals surface area (Å²) in [5.41, 5.74) is 6.00. The minimum atomic E-state index is -0.577. The Bertz CT molecular complexity index is 449. The van der Waals surface area contributed by atoms with E-state index in [1.807, 2.05) is 30.3 Å². The van der Waals surface area contributed by atoms with E-state index in [1.54, 1.807) is 0 Å². The van der Waals surface area contributed by atoms with Crippen molar-refractivity contribution in [2.75, 3.05) is 0 Å². The van der Waals surface area contributed by atoms with Crippen molar-refractivity contribution in [1.82, 2.24) is 15.0 Å². The summed E-state index contributed by atoms with van der Waals surface area (Å²) < 4.78 is 0. The second-order valence-corrected chi connectivity index (χ2v) is 2.72. The summed E-state index contributed by atoms with van der Waals surface area (Å²) in [5.74, 6) is -0.577. The first-order chi connectivity index (χ1) is 6.77. The van der Waals surface area contributed by atoms with Crippen LogP contribution in [0, 0.1) is 0 Å². The Morgan fingerprint density at radius 1 is 1.29 bits per heavy atom. The van der Waals surface area contributed by atoms with E-state index in [1.165, 1.54) is 11.0 Å². The van der Waals surface area contributed by atoms with Crippen LogP contribution >= 0.6 is 0 Å². The highest BCUT2D eigenvalue weighted by atomic mass is 16.1. The number of benzene rings is 1. The van der Waals surface area contributed by atoms with E-state index in [9.17, 15) is 4.79 Å². The first-order valence-corrected chi connectivity index (χ1v) is 4.05. The van der Waals surface area contributed by atoms with Gasteiger partial charge in [-0.15, -0.1) is 5.10 Å². The molecule has 1 heterocycles. The average Bonchev–Trinajstić information content (AvgIpc) is 2.68. The number of primary amides is 1. The van der Waals surface area contributed by atoms with Gasteiger partial charge in [-0.3, -0.25) is 4.79 Å². The minimum Gasteiger partial charge on any atom is -0.364 e. The summed E-state index contributed by atoms with van der Waals surface area (Å²) in [6.45, 7) is 0. The third kappa shape index (κ3) is 1.47. The number of rotatable bonds is 2. The normalized spacial score (nSPS) is 10.0. The van der Waals surface area contributed by atoms with E-state index in [0.29, 0.717) is 0 Å². The molecule has 1 aromatic heterocycles. The Balaban J connectivity index is 2.39. The maximum atomic E-state index is 10.8. The lowest BCUT2D eigenvalue weighted by atomic mass is 10.3. The van der Waals surface area contributed by atoms with Crippen LogP contribution in [0.2, 0.25) is 0 Å². The summed E-state index contributed by atoms with van der Waals surface area (Å²) in [7, 11) is 0. The number of carbonyl (C=O) groups is 1. The van der Waals surface area contributed by atoms with Gasteiger partial charge in [0, 0.05) is 0 Å². The number of nitrogens with two attached hydrogens (primary N) is 1. The fourth-order valence-electron chi connectivity index (χ4n) is 1.06. The average molecular weight is 188 g/mol. The second kappa shape index (κ2) is 3.29. The van der Waals surface area contributed by atoms with Crippen LogP contribution in [0.25, 0.3) is 5.69 Å². The maximum absolute atomic E-state index is 10.8. The van der Waals surface area contributed by atoms with Gasteiger partial charge < -0.3 is 5.73 Å². The third-order valence-corrected chi connectivity index (χ3v) is 1.73. The lowest BCUT2D eigenvalue weighted by molar-refractivity contribution is 0.0995. The maximum Gasteiger partial charge on any atom is 0.270 e. The minimum absolute atomic E-state index is 0.161. The Morgan fingerprint density at radius 3 is 2.57 bits per heavy atom. The Morgan fingerprint density at radius 2 is 2.00 bits per heavy atom. The monoisotopic (exact) mass is 188 g/mol. The summed E-state index contributed by atoms with van der Waals surface area (Å²) in [6, 6.07) is 9.29. The van der Waals surface area contributed by atoms with Gasteiger partial charge in [0.05, 0.1) is 11.9 Å². The van der Waals surface area contributed by atoms with Crippen LogP contribution in [-0.4, -0.2) is 20.9 Å². The first-order valence-electron chi connectivity index (χ1n) is 4.05. The van der Waals surface area contributed by atoms with E-state index < -0.39 is 5.91 Å². The molecule has 0 aliphatic heterocycles. The number of aromatic nitrogens is 3. The number of hydrogen-bond acceptors (Lipinski definition) is 3. The van der Waals surface area contributed by atoms with Crippen LogP contribution in [0.3, 0.4) is 0 Å². The number of nitrogens with zero attached hydrogens (tertiary/aromatic N) is 3. The van der Waals surface area contributed by atoms with Gasteiger partial charge >= 0.3 is 0 Å². The Labute approximate surface area is 80.2 Å². The molecular formula is C9H8N4O. The predicted molar refractivity (Wildman–Crippen MR) is 49.9 cm³/mol. The zero-order valence-corrected chi connectivity index (χ0v) is 7.29. The molecule has 14 heavy (non-hydrogen) atoms. The molecule has 0 spiro atoms.